The smallest absolute Gasteiger partial charge is 0.293 e. The van der Waals surface area contributed by atoms with Crippen molar-refractivity contribution in [1.82, 2.24) is 24.5 Å². The van der Waals surface area contributed by atoms with Crippen LogP contribution in [0.5, 0.6) is 0 Å². The number of hydrogen-bond acceptors (Lipinski definition) is 6. The summed E-state index contributed by atoms with van der Waals surface area (Å²) in [5.41, 5.74) is 2.71. The fraction of sp³-hybridized carbons (Fsp3) is 0.200. The fourth-order valence-corrected chi connectivity index (χ4v) is 3.03. The third-order valence-electron chi connectivity index (χ3n) is 3.59. The quantitative estimate of drug-likeness (QED) is 0.615. The van der Waals surface area contributed by atoms with Crippen LogP contribution in [0.2, 0.25) is 0 Å². The van der Waals surface area contributed by atoms with Crippen molar-refractivity contribution < 1.29 is 9.21 Å². The summed E-state index contributed by atoms with van der Waals surface area (Å²) in [6.45, 7) is 2.37. The van der Waals surface area contributed by atoms with Crippen LogP contribution < -0.4 is 5.32 Å². The first-order chi connectivity index (χ1) is 11.6. The van der Waals surface area contributed by atoms with Crippen molar-refractivity contribution in [2.45, 2.75) is 13.5 Å². The monoisotopic (exact) mass is 342 g/mol. The second-order valence-corrected chi connectivity index (χ2v) is 6.22. The molecule has 0 bridgehead atoms. The van der Waals surface area contributed by atoms with Gasteiger partial charge in [-0.2, -0.15) is 10.2 Å². The normalized spacial score (nSPS) is 11.2. The van der Waals surface area contributed by atoms with Gasteiger partial charge in [0.2, 0.25) is 0 Å². The molecule has 0 radical (unpaired) electrons. The lowest BCUT2D eigenvalue weighted by molar-refractivity contribution is 0.0994. The molecular weight excluding hydrogens is 328 g/mol. The Morgan fingerprint density at radius 2 is 2.25 bits per heavy atom. The molecule has 1 N–H and O–H groups in total. The maximum Gasteiger partial charge on any atom is 0.293 e. The van der Waals surface area contributed by atoms with Crippen LogP contribution in [-0.4, -0.2) is 30.5 Å². The molecule has 1 amide bonds. The van der Waals surface area contributed by atoms with Crippen LogP contribution in [0.15, 0.2) is 34.3 Å². The van der Waals surface area contributed by atoms with Crippen molar-refractivity contribution in [2.24, 2.45) is 7.05 Å². The average Bonchev–Trinajstić information content (AvgIpc) is 3.29. The molecule has 0 saturated heterocycles. The number of anilines is 1. The molecule has 0 aliphatic carbocycles. The van der Waals surface area contributed by atoms with E-state index in [9.17, 15) is 4.79 Å². The third kappa shape index (κ3) is 2.58. The highest BCUT2D eigenvalue weighted by molar-refractivity contribution is 7.13. The summed E-state index contributed by atoms with van der Waals surface area (Å²) >= 11 is 1.35. The largest absolute Gasteiger partial charge is 0.454 e. The Hall–Kier alpha value is -2.94. The molecule has 0 saturated carbocycles. The summed E-state index contributed by atoms with van der Waals surface area (Å²) in [6, 6.07) is 3.42. The van der Waals surface area contributed by atoms with Crippen LogP contribution >= 0.6 is 11.3 Å². The Kier molecular flexibility index (Phi) is 3.42. The van der Waals surface area contributed by atoms with Gasteiger partial charge in [0.1, 0.15) is 16.8 Å². The first kappa shape index (κ1) is 14.6. The fourth-order valence-electron chi connectivity index (χ4n) is 2.50. The van der Waals surface area contributed by atoms with Gasteiger partial charge in [-0.3, -0.25) is 19.5 Å². The predicted molar refractivity (Wildman–Crippen MR) is 89.1 cm³/mol. The molecule has 4 aromatic rings. The summed E-state index contributed by atoms with van der Waals surface area (Å²) in [5, 5.41) is 13.9. The maximum atomic E-state index is 12.1. The number of amides is 1. The lowest BCUT2D eigenvalue weighted by Crippen LogP contribution is -2.10. The van der Waals surface area contributed by atoms with Gasteiger partial charge >= 0.3 is 0 Å². The number of hydrogen-bond donors (Lipinski definition) is 1. The minimum Gasteiger partial charge on any atom is -0.454 e. The zero-order chi connectivity index (χ0) is 16.7. The van der Waals surface area contributed by atoms with Crippen molar-refractivity contribution in [2.75, 3.05) is 5.32 Å². The number of aryl methyl sites for hydroxylation is 2. The van der Waals surface area contributed by atoms with E-state index in [1.54, 1.807) is 33.1 Å². The van der Waals surface area contributed by atoms with Crippen molar-refractivity contribution in [1.29, 1.82) is 0 Å². The molecule has 4 aromatic heterocycles. The molecule has 0 aromatic carbocycles. The Balaban J connectivity index is 1.51. The van der Waals surface area contributed by atoms with E-state index >= 15 is 0 Å². The van der Waals surface area contributed by atoms with Gasteiger partial charge in [0.25, 0.3) is 5.91 Å². The van der Waals surface area contributed by atoms with E-state index in [-0.39, 0.29) is 11.7 Å². The first-order valence-electron chi connectivity index (χ1n) is 7.26. The van der Waals surface area contributed by atoms with Crippen LogP contribution in [0.4, 0.5) is 5.13 Å². The number of carbonyl (C=O) groups is 1. The second-order valence-electron chi connectivity index (χ2n) is 5.33. The number of rotatable bonds is 4. The highest BCUT2D eigenvalue weighted by Crippen LogP contribution is 2.18. The number of furan rings is 1. The second kappa shape index (κ2) is 5.60. The molecule has 122 valence electrons. The van der Waals surface area contributed by atoms with Gasteiger partial charge in [-0.1, -0.05) is 0 Å². The van der Waals surface area contributed by atoms with E-state index in [0.717, 1.165) is 16.7 Å². The predicted octanol–water partition coefficient (Wildman–Crippen LogP) is 2.43. The van der Waals surface area contributed by atoms with Gasteiger partial charge in [0.05, 0.1) is 18.4 Å². The van der Waals surface area contributed by atoms with Crippen molar-refractivity contribution in [3.05, 3.63) is 47.1 Å². The first-order valence-corrected chi connectivity index (χ1v) is 8.14. The molecule has 4 heterocycles. The standard InChI is InChI=1S/C15H14N6O2S/c1-9-13-11(20(2)18-9)8-21(19-13)7-10-3-4-12(23-10)14(22)17-15-16-5-6-24-15/h3-6,8H,7H2,1-2H3,(H,16,17,22). The summed E-state index contributed by atoms with van der Waals surface area (Å²) in [4.78, 5) is 16.1. The molecule has 0 fully saturated rings. The highest BCUT2D eigenvalue weighted by Gasteiger charge is 2.14. The minimum absolute atomic E-state index is 0.245. The molecule has 4 rings (SSSR count). The van der Waals surface area contributed by atoms with E-state index in [1.807, 2.05) is 20.2 Å². The number of fused-ring (bicyclic) bond motifs is 1. The summed E-state index contributed by atoms with van der Waals surface area (Å²) in [6.07, 6.45) is 3.54. The van der Waals surface area contributed by atoms with E-state index in [4.69, 9.17) is 4.42 Å². The Bertz CT molecular complexity index is 976. The topological polar surface area (TPSA) is 90.8 Å². The molecule has 0 spiro atoms. The third-order valence-corrected chi connectivity index (χ3v) is 4.28. The maximum absolute atomic E-state index is 12.1. The van der Waals surface area contributed by atoms with Gasteiger partial charge in [-0.05, 0) is 19.1 Å². The Labute approximate surface area is 140 Å². The molecule has 0 aliphatic rings. The highest BCUT2D eigenvalue weighted by atomic mass is 32.1. The molecule has 9 heteroatoms. The van der Waals surface area contributed by atoms with Gasteiger partial charge in [0, 0.05) is 18.6 Å². The molecule has 0 unspecified atom stereocenters. The van der Waals surface area contributed by atoms with Crippen molar-refractivity contribution >= 4 is 33.4 Å². The van der Waals surface area contributed by atoms with Gasteiger partial charge in [0.15, 0.2) is 10.9 Å². The lowest BCUT2D eigenvalue weighted by Gasteiger charge is -1.99. The Morgan fingerprint density at radius 3 is 3.00 bits per heavy atom. The number of nitrogens with one attached hydrogen (secondary N) is 1. The lowest BCUT2D eigenvalue weighted by atomic mass is 10.4. The molecular formula is C15H14N6O2S. The number of carbonyl (C=O) groups excluding carboxylic acids is 1. The summed E-state index contributed by atoms with van der Waals surface area (Å²) in [7, 11) is 1.88. The average molecular weight is 342 g/mol. The zero-order valence-electron chi connectivity index (χ0n) is 13.1. The molecule has 0 atom stereocenters. The van der Waals surface area contributed by atoms with Crippen molar-refractivity contribution in [3.8, 4) is 0 Å². The van der Waals surface area contributed by atoms with Gasteiger partial charge in [-0.25, -0.2) is 4.98 Å². The van der Waals surface area contributed by atoms with E-state index < -0.39 is 0 Å². The minimum atomic E-state index is -0.318. The molecule has 24 heavy (non-hydrogen) atoms. The van der Waals surface area contributed by atoms with Gasteiger partial charge in [-0.15, -0.1) is 11.3 Å². The van der Waals surface area contributed by atoms with Crippen LogP contribution in [0.1, 0.15) is 22.0 Å². The van der Waals surface area contributed by atoms with Crippen LogP contribution in [0, 0.1) is 6.92 Å². The Morgan fingerprint density at radius 1 is 1.38 bits per heavy atom. The zero-order valence-corrected chi connectivity index (χ0v) is 13.9. The number of thiazole rings is 1. The molecule has 8 nitrogen and oxygen atoms in total. The van der Waals surface area contributed by atoms with E-state index in [0.29, 0.717) is 17.4 Å². The summed E-state index contributed by atoms with van der Waals surface area (Å²) < 4.78 is 9.19. The molecule has 0 aliphatic heterocycles. The number of aromatic nitrogens is 5. The number of nitrogens with zero attached hydrogens (tertiary/aromatic N) is 5. The van der Waals surface area contributed by atoms with Gasteiger partial charge < -0.3 is 4.42 Å². The summed E-state index contributed by atoms with van der Waals surface area (Å²) in [5.74, 6) is 0.578. The van der Waals surface area contributed by atoms with Crippen LogP contribution in [0.3, 0.4) is 0 Å². The van der Waals surface area contributed by atoms with E-state index in [2.05, 4.69) is 20.5 Å². The van der Waals surface area contributed by atoms with Crippen molar-refractivity contribution in [3.63, 3.8) is 0 Å². The van der Waals surface area contributed by atoms with Crippen LogP contribution in [-0.2, 0) is 13.6 Å². The van der Waals surface area contributed by atoms with E-state index in [1.165, 1.54) is 11.3 Å². The SMILES string of the molecule is Cc1nn(C)c2cn(Cc3ccc(C(=O)Nc4nccs4)o3)nc12. The van der Waals surface area contributed by atoms with Crippen LogP contribution in [0.25, 0.3) is 11.0 Å².